The third-order valence-electron chi connectivity index (χ3n) is 3.85. The van der Waals surface area contributed by atoms with Gasteiger partial charge >= 0.3 is 10.2 Å². The number of nitrogens with one attached hydrogen (secondary N) is 2. The Labute approximate surface area is 148 Å². The predicted molar refractivity (Wildman–Crippen MR) is 98.8 cm³/mol. The number of piperidine rings is 1. The zero-order chi connectivity index (χ0) is 18.3. The second-order valence-corrected chi connectivity index (χ2v) is 7.32. The molecule has 0 radical (unpaired) electrons. The van der Waals surface area contributed by atoms with Gasteiger partial charge < -0.3 is 10.6 Å². The smallest absolute Gasteiger partial charge is 0.323 e. The van der Waals surface area contributed by atoms with Crippen molar-refractivity contribution in [1.29, 1.82) is 0 Å². The Morgan fingerprint density at radius 3 is 2.44 bits per heavy atom. The molecule has 0 saturated carbocycles. The minimum atomic E-state index is -3.90. The lowest BCUT2D eigenvalue weighted by Gasteiger charge is -2.28. The van der Waals surface area contributed by atoms with Gasteiger partial charge in [0, 0.05) is 30.9 Å². The fourth-order valence-electron chi connectivity index (χ4n) is 2.58. The highest BCUT2D eigenvalue weighted by Crippen LogP contribution is 2.20. The van der Waals surface area contributed by atoms with Gasteiger partial charge in [-0.2, -0.15) is 13.1 Å². The van der Waals surface area contributed by atoms with Gasteiger partial charge in [0.1, 0.15) is 0 Å². The summed E-state index contributed by atoms with van der Waals surface area (Å²) >= 11 is 0. The Morgan fingerprint density at radius 2 is 1.84 bits per heavy atom. The SMILES string of the molecule is CCCNS(=O)(=O)/N=C(\N)NC(=O)c1ccc(N2CCCCC2)cc1. The molecule has 25 heavy (non-hydrogen) atoms. The molecule has 1 aliphatic heterocycles. The van der Waals surface area contributed by atoms with Gasteiger partial charge in [-0.05, 0) is 49.9 Å². The molecular formula is C16H25N5O3S. The fraction of sp³-hybridized carbons (Fsp3) is 0.500. The summed E-state index contributed by atoms with van der Waals surface area (Å²) in [5, 5.41) is 2.28. The molecule has 0 spiro atoms. The molecule has 1 aromatic rings. The Bertz CT molecular complexity index is 710. The van der Waals surface area contributed by atoms with Crippen LogP contribution in [0.1, 0.15) is 43.0 Å². The van der Waals surface area contributed by atoms with Crippen molar-refractivity contribution in [1.82, 2.24) is 10.0 Å². The number of hydrogen-bond donors (Lipinski definition) is 3. The van der Waals surface area contributed by atoms with Crippen molar-refractivity contribution in [3.8, 4) is 0 Å². The molecule has 1 fully saturated rings. The monoisotopic (exact) mass is 367 g/mol. The Kier molecular flexibility index (Phi) is 6.77. The molecule has 0 unspecified atom stereocenters. The van der Waals surface area contributed by atoms with Gasteiger partial charge in [-0.25, -0.2) is 0 Å². The number of anilines is 1. The number of nitrogens with two attached hydrogens (primary N) is 1. The molecule has 1 aromatic carbocycles. The second kappa shape index (κ2) is 8.82. The third-order valence-corrected chi connectivity index (χ3v) is 4.85. The van der Waals surface area contributed by atoms with E-state index in [2.05, 4.69) is 19.3 Å². The predicted octanol–water partition coefficient (Wildman–Crippen LogP) is 0.966. The maximum absolute atomic E-state index is 12.1. The summed E-state index contributed by atoms with van der Waals surface area (Å²) < 4.78 is 28.8. The Balaban J connectivity index is 1.98. The van der Waals surface area contributed by atoms with Crippen molar-refractivity contribution in [3.05, 3.63) is 29.8 Å². The summed E-state index contributed by atoms with van der Waals surface area (Å²) in [5.74, 6) is -0.967. The van der Waals surface area contributed by atoms with E-state index in [-0.39, 0.29) is 6.54 Å². The van der Waals surface area contributed by atoms with Crippen LogP contribution < -0.4 is 20.7 Å². The average Bonchev–Trinajstić information content (AvgIpc) is 2.60. The first-order valence-electron chi connectivity index (χ1n) is 8.42. The molecule has 9 heteroatoms. The van der Waals surface area contributed by atoms with Gasteiger partial charge in [0.15, 0.2) is 0 Å². The number of guanidine groups is 1. The van der Waals surface area contributed by atoms with Crippen LogP contribution in [-0.2, 0) is 10.2 Å². The van der Waals surface area contributed by atoms with Gasteiger partial charge in [0.05, 0.1) is 0 Å². The first-order valence-corrected chi connectivity index (χ1v) is 9.86. The van der Waals surface area contributed by atoms with Crippen molar-refractivity contribution < 1.29 is 13.2 Å². The van der Waals surface area contributed by atoms with E-state index in [1.54, 1.807) is 12.1 Å². The topological polar surface area (TPSA) is 117 Å². The molecule has 138 valence electrons. The van der Waals surface area contributed by atoms with Crippen LogP contribution in [0.5, 0.6) is 0 Å². The van der Waals surface area contributed by atoms with Gasteiger partial charge in [0.2, 0.25) is 5.96 Å². The van der Waals surface area contributed by atoms with E-state index >= 15 is 0 Å². The van der Waals surface area contributed by atoms with E-state index in [1.165, 1.54) is 19.3 Å². The van der Waals surface area contributed by atoms with Gasteiger partial charge in [-0.3, -0.25) is 10.1 Å². The lowest BCUT2D eigenvalue weighted by molar-refractivity contribution is 0.0977. The number of nitrogens with zero attached hydrogens (tertiary/aromatic N) is 2. The minimum Gasteiger partial charge on any atom is -0.372 e. The summed E-state index contributed by atoms with van der Waals surface area (Å²) in [7, 11) is -3.90. The highest BCUT2D eigenvalue weighted by Gasteiger charge is 2.13. The molecule has 0 aliphatic carbocycles. The summed E-state index contributed by atoms with van der Waals surface area (Å²) in [6.07, 6.45) is 4.24. The van der Waals surface area contributed by atoms with Crippen LogP contribution >= 0.6 is 0 Å². The largest absolute Gasteiger partial charge is 0.372 e. The Hall–Kier alpha value is -2.13. The molecular weight excluding hydrogens is 342 g/mol. The molecule has 1 aliphatic rings. The van der Waals surface area contributed by atoms with Crippen LogP contribution in [0.2, 0.25) is 0 Å². The maximum atomic E-state index is 12.1. The molecule has 1 amide bonds. The maximum Gasteiger partial charge on any atom is 0.323 e. The fourth-order valence-corrected chi connectivity index (χ4v) is 3.41. The van der Waals surface area contributed by atoms with Crippen LogP contribution in [-0.4, -0.2) is 39.9 Å². The van der Waals surface area contributed by atoms with Gasteiger partial charge in [0.25, 0.3) is 5.91 Å². The zero-order valence-electron chi connectivity index (χ0n) is 14.4. The summed E-state index contributed by atoms with van der Waals surface area (Å²) in [6, 6.07) is 7.15. The number of carbonyl (C=O) groups excluding carboxylic acids is 1. The molecule has 0 aromatic heterocycles. The molecule has 8 nitrogen and oxygen atoms in total. The van der Waals surface area contributed by atoms with Crippen molar-refractivity contribution >= 4 is 27.8 Å². The van der Waals surface area contributed by atoms with E-state index in [0.717, 1.165) is 18.8 Å². The van der Waals surface area contributed by atoms with Gasteiger partial charge in [-0.1, -0.05) is 6.92 Å². The molecule has 2 rings (SSSR count). The van der Waals surface area contributed by atoms with E-state index in [1.807, 2.05) is 19.1 Å². The van der Waals surface area contributed by atoms with Crippen LogP contribution in [0.15, 0.2) is 28.7 Å². The number of benzene rings is 1. The first-order chi connectivity index (χ1) is 11.9. The summed E-state index contributed by atoms with van der Waals surface area (Å²) in [5.41, 5.74) is 6.97. The normalized spacial score (nSPS) is 15.9. The van der Waals surface area contributed by atoms with Crippen molar-refractivity contribution in [2.75, 3.05) is 24.5 Å². The van der Waals surface area contributed by atoms with Crippen molar-refractivity contribution in [3.63, 3.8) is 0 Å². The van der Waals surface area contributed by atoms with Crippen LogP contribution in [0, 0.1) is 0 Å². The first kappa shape index (κ1) is 19.2. The Morgan fingerprint density at radius 1 is 1.20 bits per heavy atom. The molecule has 0 bridgehead atoms. The average molecular weight is 367 g/mol. The second-order valence-electron chi connectivity index (χ2n) is 5.89. The summed E-state index contributed by atoms with van der Waals surface area (Å²) in [6.45, 7) is 4.12. The lowest BCUT2D eigenvalue weighted by Crippen LogP contribution is -2.38. The number of amides is 1. The van der Waals surface area contributed by atoms with Crippen LogP contribution in [0.25, 0.3) is 0 Å². The van der Waals surface area contributed by atoms with E-state index < -0.39 is 22.1 Å². The quantitative estimate of drug-likeness (QED) is 0.511. The van der Waals surface area contributed by atoms with E-state index in [0.29, 0.717) is 12.0 Å². The van der Waals surface area contributed by atoms with Crippen LogP contribution in [0.4, 0.5) is 5.69 Å². The van der Waals surface area contributed by atoms with E-state index in [9.17, 15) is 13.2 Å². The van der Waals surface area contributed by atoms with Crippen molar-refractivity contribution in [2.45, 2.75) is 32.6 Å². The van der Waals surface area contributed by atoms with Crippen molar-refractivity contribution in [2.24, 2.45) is 10.1 Å². The van der Waals surface area contributed by atoms with Crippen LogP contribution in [0.3, 0.4) is 0 Å². The van der Waals surface area contributed by atoms with Gasteiger partial charge in [-0.15, -0.1) is 4.40 Å². The molecule has 1 heterocycles. The van der Waals surface area contributed by atoms with E-state index in [4.69, 9.17) is 5.73 Å². The highest BCUT2D eigenvalue weighted by molar-refractivity contribution is 7.88. The number of hydrogen-bond acceptors (Lipinski definition) is 4. The molecule has 4 N–H and O–H groups in total. The zero-order valence-corrected chi connectivity index (χ0v) is 15.2. The number of rotatable bonds is 6. The summed E-state index contributed by atoms with van der Waals surface area (Å²) in [4.78, 5) is 14.4. The third kappa shape index (κ3) is 6.02. The lowest BCUT2D eigenvalue weighted by atomic mass is 10.1. The molecule has 1 saturated heterocycles. The number of carbonyl (C=O) groups is 1. The standard InChI is InChI=1S/C16H25N5O3S/c1-2-10-18-25(23,24)20-16(17)19-15(22)13-6-8-14(9-7-13)21-11-4-3-5-12-21/h6-9,18H,2-5,10-12H2,1H3,(H3,17,19,20,22). The minimum absolute atomic E-state index is 0.255. The highest BCUT2D eigenvalue weighted by atomic mass is 32.2. The molecule has 0 atom stereocenters.